The molecule has 2 unspecified atom stereocenters. The van der Waals surface area contributed by atoms with Crippen LogP contribution in [0.5, 0.6) is 0 Å². The van der Waals surface area contributed by atoms with E-state index >= 15 is 0 Å². The maximum atomic E-state index is 14.1. The number of carboxylic acids is 1. The molecule has 1 N–H and O–H groups in total. The van der Waals surface area contributed by atoms with E-state index in [4.69, 9.17) is 5.11 Å². The van der Waals surface area contributed by atoms with Crippen LogP contribution < -0.4 is 0 Å². The normalized spacial score (nSPS) is 24.0. The largest absolute Gasteiger partial charge is 0.481 e. The van der Waals surface area contributed by atoms with Gasteiger partial charge in [0.25, 0.3) is 0 Å². The molecule has 0 aromatic heterocycles. The van der Waals surface area contributed by atoms with Crippen LogP contribution in [0.2, 0.25) is 0 Å². The summed E-state index contributed by atoms with van der Waals surface area (Å²) in [5.74, 6) is -2.63. The summed E-state index contributed by atoms with van der Waals surface area (Å²) in [6, 6.07) is 4.19. The minimum absolute atomic E-state index is 0.0810. The highest BCUT2D eigenvalue weighted by Gasteiger charge is 2.37. The van der Waals surface area contributed by atoms with E-state index in [1.807, 2.05) is 0 Å². The number of aryl methyl sites for hydroxylation is 1. The van der Waals surface area contributed by atoms with Crippen molar-refractivity contribution in [2.45, 2.75) is 25.2 Å². The van der Waals surface area contributed by atoms with Gasteiger partial charge in [-0.2, -0.15) is 4.31 Å². The number of sulfonamides is 1. The zero-order valence-corrected chi connectivity index (χ0v) is 12.7. The molecule has 1 aliphatic rings. The lowest BCUT2D eigenvalue weighted by Crippen LogP contribution is -2.45. The molecule has 5 nitrogen and oxygen atoms in total. The Balaban J connectivity index is 2.39. The summed E-state index contributed by atoms with van der Waals surface area (Å²) in [7, 11) is -4.02. The van der Waals surface area contributed by atoms with E-state index < -0.39 is 27.7 Å². The lowest BCUT2D eigenvalue weighted by molar-refractivity contribution is -0.143. The van der Waals surface area contributed by atoms with Crippen LogP contribution in [-0.4, -0.2) is 36.9 Å². The molecule has 1 saturated heterocycles. The quantitative estimate of drug-likeness (QED) is 0.924. The maximum Gasteiger partial charge on any atom is 0.307 e. The number of carbonyl (C=O) groups is 1. The molecule has 0 amide bonds. The number of aliphatic carboxylic acids is 1. The van der Waals surface area contributed by atoms with Crippen molar-refractivity contribution in [3.63, 3.8) is 0 Å². The fraction of sp³-hybridized carbons (Fsp3) is 0.500. The van der Waals surface area contributed by atoms with Crippen LogP contribution in [0, 0.1) is 24.6 Å². The summed E-state index contributed by atoms with van der Waals surface area (Å²) in [5, 5.41) is 9.11. The fourth-order valence-electron chi connectivity index (χ4n) is 2.64. The van der Waals surface area contributed by atoms with Crippen molar-refractivity contribution in [3.8, 4) is 0 Å². The monoisotopic (exact) mass is 315 g/mol. The van der Waals surface area contributed by atoms with Gasteiger partial charge in [0.1, 0.15) is 10.7 Å². The Bertz CT molecular complexity index is 659. The van der Waals surface area contributed by atoms with Crippen molar-refractivity contribution >= 4 is 16.0 Å². The first-order chi connectivity index (χ1) is 9.73. The van der Waals surface area contributed by atoms with Gasteiger partial charge in [0, 0.05) is 13.1 Å². The third kappa shape index (κ3) is 3.08. The zero-order valence-electron chi connectivity index (χ0n) is 11.9. The predicted molar refractivity (Wildman–Crippen MR) is 74.8 cm³/mol. The van der Waals surface area contributed by atoms with Crippen molar-refractivity contribution in [2.75, 3.05) is 13.1 Å². The Morgan fingerprint density at radius 1 is 1.38 bits per heavy atom. The summed E-state index contributed by atoms with van der Waals surface area (Å²) in [4.78, 5) is 10.7. The molecule has 21 heavy (non-hydrogen) atoms. The van der Waals surface area contributed by atoms with Crippen molar-refractivity contribution < 1.29 is 22.7 Å². The standard InChI is InChI=1S/C14H18FNO4S/c1-9-6-11(14(17)18)8-16(7-9)21(19,20)12-5-3-4-10(2)13(12)15/h3-5,9,11H,6-8H2,1-2H3,(H,17,18). The van der Waals surface area contributed by atoms with E-state index in [-0.39, 0.29) is 29.5 Å². The third-order valence-electron chi connectivity index (χ3n) is 3.75. The Labute approximate surface area is 123 Å². The van der Waals surface area contributed by atoms with Crippen molar-refractivity contribution in [3.05, 3.63) is 29.6 Å². The first-order valence-corrected chi connectivity index (χ1v) is 8.15. The summed E-state index contributed by atoms with van der Waals surface area (Å²) in [6.45, 7) is 3.38. The van der Waals surface area contributed by atoms with E-state index in [2.05, 4.69) is 0 Å². The minimum Gasteiger partial charge on any atom is -0.481 e. The number of nitrogens with zero attached hydrogens (tertiary/aromatic N) is 1. The summed E-state index contributed by atoms with van der Waals surface area (Å²) in [6.07, 6.45) is 0.428. The molecule has 1 fully saturated rings. The van der Waals surface area contributed by atoms with Gasteiger partial charge in [-0.3, -0.25) is 4.79 Å². The van der Waals surface area contributed by atoms with Crippen LogP contribution in [-0.2, 0) is 14.8 Å². The van der Waals surface area contributed by atoms with E-state index in [0.29, 0.717) is 6.42 Å². The molecular weight excluding hydrogens is 297 g/mol. The van der Waals surface area contributed by atoms with Gasteiger partial charge in [0.15, 0.2) is 0 Å². The molecule has 1 aromatic carbocycles. The molecule has 7 heteroatoms. The third-order valence-corrected chi connectivity index (χ3v) is 5.60. The van der Waals surface area contributed by atoms with Gasteiger partial charge in [0.2, 0.25) is 10.0 Å². The lowest BCUT2D eigenvalue weighted by atomic mass is 9.92. The van der Waals surface area contributed by atoms with Crippen molar-refractivity contribution in [1.29, 1.82) is 0 Å². The summed E-state index contributed by atoms with van der Waals surface area (Å²) < 4.78 is 40.3. The van der Waals surface area contributed by atoms with Crippen LogP contribution in [0.25, 0.3) is 0 Å². The number of carboxylic acid groups (broad SMARTS) is 1. The van der Waals surface area contributed by atoms with Crippen LogP contribution >= 0.6 is 0 Å². The molecule has 0 bridgehead atoms. The van der Waals surface area contributed by atoms with Crippen molar-refractivity contribution in [1.82, 2.24) is 4.31 Å². The second-order valence-electron chi connectivity index (χ2n) is 5.59. The van der Waals surface area contributed by atoms with Crippen LogP contribution in [0.3, 0.4) is 0 Å². The SMILES string of the molecule is Cc1cccc(S(=O)(=O)N2CC(C)CC(C(=O)O)C2)c1F. The van der Waals surface area contributed by atoms with Crippen LogP contribution in [0.4, 0.5) is 4.39 Å². The van der Waals surface area contributed by atoms with Crippen molar-refractivity contribution in [2.24, 2.45) is 11.8 Å². The number of benzene rings is 1. The Morgan fingerprint density at radius 3 is 2.67 bits per heavy atom. The molecule has 1 heterocycles. The average Bonchev–Trinajstić information content (AvgIpc) is 2.40. The lowest BCUT2D eigenvalue weighted by Gasteiger charge is -2.33. The second-order valence-corrected chi connectivity index (χ2v) is 7.49. The van der Waals surface area contributed by atoms with E-state index in [1.54, 1.807) is 6.92 Å². The van der Waals surface area contributed by atoms with E-state index in [0.717, 1.165) is 4.31 Å². The first-order valence-electron chi connectivity index (χ1n) is 6.71. The highest BCUT2D eigenvalue weighted by molar-refractivity contribution is 7.89. The van der Waals surface area contributed by atoms with Gasteiger partial charge < -0.3 is 5.11 Å². The highest BCUT2D eigenvalue weighted by atomic mass is 32.2. The molecule has 0 aliphatic carbocycles. The minimum atomic E-state index is -4.02. The number of hydrogen-bond donors (Lipinski definition) is 1. The number of halogens is 1. The van der Waals surface area contributed by atoms with Gasteiger partial charge >= 0.3 is 5.97 Å². The predicted octanol–water partition coefficient (Wildman–Crippen LogP) is 1.87. The molecule has 2 rings (SSSR count). The van der Waals surface area contributed by atoms with Gasteiger partial charge in [0.05, 0.1) is 5.92 Å². The second kappa shape index (κ2) is 5.73. The Kier molecular flexibility index (Phi) is 4.34. The molecule has 1 aromatic rings. The highest BCUT2D eigenvalue weighted by Crippen LogP contribution is 2.28. The molecule has 116 valence electrons. The van der Waals surface area contributed by atoms with Crippen LogP contribution in [0.1, 0.15) is 18.9 Å². The molecule has 0 radical (unpaired) electrons. The zero-order chi connectivity index (χ0) is 15.8. The van der Waals surface area contributed by atoms with Crippen LogP contribution in [0.15, 0.2) is 23.1 Å². The average molecular weight is 315 g/mol. The number of hydrogen-bond acceptors (Lipinski definition) is 3. The van der Waals surface area contributed by atoms with Gasteiger partial charge in [-0.1, -0.05) is 19.1 Å². The topological polar surface area (TPSA) is 74.7 Å². The Morgan fingerprint density at radius 2 is 2.05 bits per heavy atom. The fourth-order valence-corrected chi connectivity index (χ4v) is 4.38. The van der Waals surface area contributed by atoms with Gasteiger partial charge in [-0.15, -0.1) is 0 Å². The molecule has 0 spiro atoms. The maximum absolute atomic E-state index is 14.1. The summed E-state index contributed by atoms with van der Waals surface area (Å²) in [5.41, 5.74) is 0.246. The molecular formula is C14H18FNO4S. The van der Waals surface area contributed by atoms with Gasteiger partial charge in [-0.25, -0.2) is 12.8 Å². The number of piperidine rings is 1. The molecule has 1 aliphatic heterocycles. The smallest absolute Gasteiger partial charge is 0.307 e. The van der Waals surface area contributed by atoms with Gasteiger partial charge in [-0.05, 0) is 30.9 Å². The number of rotatable bonds is 3. The van der Waals surface area contributed by atoms with E-state index in [9.17, 15) is 17.6 Å². The molecule has 0 saturated carbocycles. The first kappa shape index (κ1) is 15.9. The molecule has 2 atom stereocenters. The summed E-state index contributed by atoms with van der Waals surface area (Å²) >= 11 is 0. The van der Waals surface area contributed by atoms with E-state index in [1.165, 1.54) is 25.1 Å². The Hall–Kier alpha value is -1.47.